The van der Waals surface area contributed by atoms with Gasteiger partial charge in [0.25, 0.3) is 0 Å². The van der Waals surface area contributed by atoms with Crippen LogP contribution in [0.25, 0.3) is 0 Å². The van der Waals surface area contributed by atoms with Gasteiger partial charge in [0.05, 0.1) is 18.2 Å². The summed E-state index contributed by atoms with van der Waals surface area (Å²) in [5.41, 5.74) is 0. The van der Waals surface area contributed by atoms with Crippen molar-refractivity contribution in [1.82, 2.24) is 9.62 Å². The van der Waals surface area contributed by atoms with Crippen molar-refractivity contribution in [2.75, 3.05) is 19.7 Å². The highest BCUT2D eigenvalue weighted by molar-refractivity contribution is 7.89. The van der Waals surface area contributed by atoms with E-state index in [1.807, 2.05) is 0 Å². The van der Waals surface area contributed by atoms with Crippen LogP contribution < -0.4 is 5.32 Å². The Balaban J connectivity index is 2.08. The molecule has 0 heterocycles. The number of ether oxygens (including phenoxy) is 1. The Morgan fingerprint density at radius 3 is 2.58 bits per heavy atom. The van der Waals surface area contributed by atoms with Gasteiger partial charge in [-0.2, -0.15) is 4.31 Å². The molecule has 0 saturated heterocycles. The first-order valence-electron chi connectivity index (χ1n) is 7.55. The molecule has 1 aliphatic rings. The van der Waals surface area contributed by atoms with Crippen LogP contribution in [0, 0.1) is 0 Å². The molecule has 24 heavy (non-hydrogen) atoms. The molecule has 9 heteroatoms. The monoisotopic (exact) mass is 374 g/mol. The van der Waals surface area contributed by atoms with Gasteiger partial charge in [0.1, 0.15) is 11.4 Å². The fraction of sp³-hybridized carbons (Fsp3) is 0.467. The first-order valence-corrected chi connectivity index (χ1v) is 9.36. The van der Waals surface area contributed by atoms with Crippen molar-refractivity contribution in [3.63, 3.8) is 0 Å². The summed E-state index contributed by atoms with van der Waals surface area (Å²) in [6, 6.07) is 5.88. The Labute approximate surface area is 146 Å². The van der Waals surface area contributed by atoms with Crippen molar-refractivity contribution in [2.45, 2.75) is 30.7 Å². The average molecular weight is 375 g/mol. The summed E-state index contributed by atoms with van der Waals surface area (Å²) in [7, 11) is -3.89. The van der Waals surface area contributed by atoms with Gasteiger partial charge >= 0.3 is 5.97 Å². The summed E-state index contributed by atoms with van der Waals surface area (Å²) < 4.78 is 31.4. The Hall–Kier alpha value is -1.64. The molecule has 1 aromatic rings. The van der Waals surface area contributed by atoms with Gasteiger partial charge in [-0.3, -0.25) is 9.59 Å². The normalized spacial score (nSPS) is 14.5. The number of amides is 1. The van der Waals surface area contributed by atoms with Crippen molar-refractivity contribution in [3.8, 4) is 0 Å². The fourth-order valence-electron chi connectivity index (χ4n) is 2.13. The number of nitrogens with one attached hydrogen (secondary N) is 1. The zero-order valence-corrected chi connectivity index (χ0v) is 14.8. The number of carbonyl (C=O) groups excluding carboxylic acids is 2. The van der Waals surface area contributed by atoms with Gasteiger partial charge in [0.2, 0.25) is 15.9 Å². The van der Waals surface area contributed by atoms with E-state index in [0.717, 1.165) is 4.31 Å². The molecule has 0 unspecified atom stereocenters. The van der Waals surface area contributed by atoms with Crippen LogP contribution in [0.2, 0.25) is 5.02 Å². The number of rotatable bonds is 8. The highest BCUT2D eigenvalue weighted by Gasteiger charge is 2.40. The van der Waals surface area contributed by atoms with Gasteiger partial charge in [-0.15, -0.1) is 0 Å². The minimum absolute atomic E-state index is 0.0308. The lowest BCUT2D eigenvalue weighted by atomic mass is 10.4. The van der Waals surface area contributed by atoms with Crippen LogP contribution in [-0.2, 0) is 24.3 Å². The molecule has 0 atom stereocenters. The first kappa shape index (κ1) is 18.7. The standard InChI is InChI=1S/C15H19ClN2O5S/c1-2-23-15(20)9-17-14(19)10-18(11-7-8-11)24(21,22)13-6-4-3-5-12(13)16/h3-6,11H,2,7-10H2,1H3,(H,17,19). The van der Waals surface area contributed by atoms with Crippen molar-refractivity contribution in [1.29, 1.82) is 0 Å². The summed E-state index contributed by atoms with van der Waals surface area (Å²) in [6.45, 7) is 1.21. The summed E-state index contributed by atoms with van der Waals surface area (Å²) >= 11 is 5.98. The Bertz CT molecular complexity index is 718. The molecule has 1 saturated carbocycles. The summed E-state index contributed by atoms with van der Waals surface area (Å²) in [6.07, 6.45) is 1.38. The number of esters is 1. The van der Waals surface area contributed by atoms with Crippen LogP contribution in [0.3, 0.4) is 0 Å². The Morgan fingerprint density at radius 1 is 1.33 bits per heavy atom. The van der Waals surface area contributed by atoms with Gasteiger partial charge in [-0.25, -0.2) is 8.42 Å². The van der Waals surface area contributed by atoms with Crippen molar-refractivity contribution >= 4 is 33.5 Å². The van der Waals surface area contributed by atoms with E-state index in [9.17, 15) is 18.0 Å². The number of nitrogens with zero attached hydrogens (tertiary/aromatic N) is 1. The van der Waals surface area contributed by atoms with Crippen LogP contribution in [0.15, 0.2) is 29.2 Å². The number of carbonyl (C=O) groups is 2. The smallest absolute Gasteiger partial charge is 0.325 e. The number of sulfonamides is 1. The summed E-state index contributed by atoms with van der Waals surface area (Å²) in [5.74, 6) is -1.14. The SMILES string of the molecule is CCOC(=O)CNC(=O)CN(C1CC1)S(=O)(=O)c1ccccc1Cl. The number of hydrogen-bond donors (Lipinski definition) is 1. The molecular formula is C15H19ClN2O5S. The third kappa shape index (κ3) is 4.68. The Kier molecular flexibility index (Phi) is 6.20. The first-order chi connectivity index (χ1) is 11.4. The van der Waals surface area contributed by atoms with E-state index in [0.29, 0.717) is 12.8 Å². The second kappa shape index (κ2) is 7.96. The zero-order chi connectivity index (χ0) is 17.7. The van der Waals surface area contributed by atoms with Gasteiger partial charge in [-0.05, 0) is 31.9 Å². The molecule has 0 spiro atoms. The maximum atomic E-state index is 12.8. The molecule has 0 aliphatic heterocycles. The van der Waals surface area contributed by atoms with E-state index in [1.54, 1.807) is 19.1 Å². The van der Waals surface area contributed by atoms with E-state index in [4.69, 9.17) is 16.3 Å². The van der Waals surface area contributed by atoms with E-state index in [1.165, 1.54) is 12.1 Å². The van der Waals surface area contributed by atoms with E-state index in [2.05, 4.69) is 5.32 Å². The van der Waals surface area contributed by atoms with Crippen molar-refractivity contribution in [3.05, 3.63) is 29.3 Å². The maximum absolute atomic E-state index is 12.8. The lowest BCUT2D eigenvalue weighted by molar-refractivity contribution is -0.143. The predicted molar refractivity (Wildman–Crippen MR) is 88.0 cm³/mol. The molecular weight excluding hydrogens is 356 g/mol. The van der Waals surface area contributed by atoms with Crippen molar-refractivity contribution < 1.29 is 22.7 Å². The number of benzene rings is 1. The second-order valence-corrected chi connectivity index (χ2v) is 7.56. The molecule has 1 fully saturated rings. The predicted octanol–water partition coefficient (Wildman–Crippen LogP) is 1.17. The van der Waals surface area contributed by atoms with E-state index >= 15 is 0 Å². The minimum Gasteiger partial charge on any atom is -0.465 e. The summed E-state index contributed by atoms with van der Waals surface area (Å²) in [4.78, 5) is 23.2. The number of hydrogen-bond acceptors (Lipinski definition) is 5. The third-order valence-electron chi connectivity index (χ3n) is 3.41. The van der Waals surface area contributed by atoms with Crippen LogP contribution in [0.1, 0.15) is 19.8 Å². The van der Waals surface area contributed by atoms with Gasteiger partial charge in [0, 0.05) is 6.04 Å². The molecule has 1 N–H and O–H groups in total. The highest BCUT2D eigenvalue weighted by atomic mass is 35.5. The lowest BCUT2D eigenvalue weighted by Crippen LogP contribution is -2.43. The molecule has 0 aromatic heterocycles. The number of halogens is 1. The van der Waals surface area contributed by atoms with Crippen LogP contribution in [-0.4, -0.2) is 50.3 Å². The fourth-order valence-corrected chi connectivity index (χ4v) is 4.27. The third-order valence-corrected chi connectivity index (χ3v) is 5.81. The molecule has 1 aliphatic carbocycles. The van der Waals surface area contributed by atoms with Gasteiger partial charge in [-0.1, -0.05) is 23.7 Å². The zero-order valence-electron chi connectivity index (χ0n) is 13.2. The minimum atomic E-state index is -3.89. The lowest BCUT2D eigenvalue weighted by Gasteiger charge is -2.21. The second-order valence-electron chi connectivity index (χ2n) is 5.29. The van der Waals surface area contributed by atoms with E-state index in [-0.39, 0.29) is 35.7 Å². The van der Waals surface area contributed by atoms with Crippen molar-refractivity contribution in [2.24, 2.45) is 0 Å². The largest absolute Gasteiger partial charge is 0.465 e. The summed E-state index contributed by atoms with van der Waals surface area (Å²) in [5, 5.41) is 2.47. The molecule has 0 bridgehead atoms. The maximum Gasteiger partial charge on any atom is 0.325 e. The van der Waals surface area contributed by atoms with Crippen LogP contribution >= 0.6 is 11.6 Å². The topological polar surface area (TPSA) is 92.8 Å². The molecule has 2 rings (SSSR count). The quantitative estimate of drug-likeness (QED) is 0.689. The molecule has 132 valence electrons. The Morgan fingerprint density at radius 2 is 2.00 bits per heavy atom. The van der Waals surface area contributed by atoms with Crippen LogP contribution in [0.4, 0.5) is 0 Å². The van der Waals surface area contributed by atoms with E-state index < -0.39 is 21.9 Å². The van der Waals surface area contributed by atoms with Crippen LogP contribution in [0.5, 0.6) is 0 Å². The molecule has 1 amide bonds. The van der Waals surface area contributed by atoms with Gasteiger partial charge in [0.15, 0.2) is 0 Å². The molecule has 7 nitrogen and oxygen atoms in total. The molecule has 1 aromatic carbocycles. The average Bonchev–Trinajstić information content (AvgIpc) is 3.35. The van der Waals surface area contributed by atoms with Gasteiger partial charge < -0.3 is 10.1 Å². The highest BCUT2D eigenvalue weighted by Crippen LogP contribution is 2.33. The molecule has 0 radical (unpaired) electrons.